The molecule has 19 heavy (non-hydrogen) atoms. The van der Waals surface area contributed by atoms with Gasteiger partial charge in [-0.3, -0.25) is 4.79 Å². The minimum atomic E-state index is -4.03. The van der Waals surface area contributed by atoms with Crippen LogP contribution in [0.2, 0.25) is 0 Å². The maximum absolute atomic E-state index is 11.8. The van der Waals surface area contributed by atoms with Crippen LogP contribution in [0.15, 0.2) is 21.6 Å². The highest BCUT2D eigenvalue weighted by molar-refractivity contribution is 7.89. The van der Waals surface area contributed by atoms with Gasteiger partial charge >= 0.3 is 5.97 Å². The fourth-order valence-electron chi connectivity index (χ4n) is 1.01. The number of carboxylic acids is 1. The van der Waals surface area contributed by atoms with Crippen LogP contribution in [0.5, 0.6) is 0 Å². The highest BCUT2D eigenvalue weighted by Crippen LogP contribution is 2.17. The molecule has 0 fully saturated rings. The van der Waals surface area contributed by atoms with E-state index in [1.807, 2.05) is 0 Å². The average molecular weight is 290 g/mol. The molecule has 4 N–H and O–H groups in total. The summed E-state index contributed by atoms with van der Waals surface area (Å²) < 4.78 is 30.4. The summed E-state index contributed by atoms with van der Waals surface area (Å²) in [6.45, 7) is 2.72. The number of hydrogen-bond acceptors (Lipinski definition) is 5. The molecule has 0 unspecified atom stereocenters. The Morgan fingerprint density at radius 2 is 2.00 bits per heavy atom. The number of carbonyl (C=O) groups is 2. The first-order valence-electron chi connectivity index (χ1n) is 5.19. The van der Waals surface area contributed by atoms with Gasteiger partial charge in [-0.15, -0.1) is 0 Å². The quantitative estimate of drug-likeness (QED) is 0.661. The predicted octanol–water partition coefficient (Wildman–Crippen LogP) is -0.232. The summed E-state index contributed by atoms with van der Waals surface area (Å²) in [5.74, 6) is -2.53. The third-order valence-corrected chi connectivity index (χ3v) is 3.70. The number of hydrogen-bond donors (Lipinski definition) is 3. The van der Waals surface area contributed by atoms with Gasteiger partial charge in [0.05, 0.1) is 5.41 Å². The Bertz CT molecular complexity index is 601. The van der Waals surface area contributed by atoms with Gasteiger partial charge in [0.15, 0.2) is 0 Å². The summed E-state index contributed by atoms with van der Waals surface area (Å²) >= 11 is 0. The molecule has 8 nitrogen and oxygen atoms in total. The zero-order chi connectivity index (χ0) is 14.8. The highest BCUT2D eigenvalue weighted by Gasteiger charge is 2.29. The van der Waals surface area contributed by atoms with Crippen molar-refractivity contribution in [3.8, 4) is 0 Å². The van der Waals surface area contributed by atoms with Gasteiger partial charge in [0.2, 0.25) is 16.8 Å². The standard InChI is InChI=1S/C10H14N2O6S/c1-10(2,9(11)15)5-12-19(16,17)7-4-3-6(18-7)8(13)14/h3-4,12H,5H2,1-2H3,(H2,11,15)(H,13,14). The summed E-state index contributed by atoms with van der Waals surface area (Å²) in [5.41, 5.74) is 4.03. The molecule has 1 aromatic rings. The molecule has 0 atom stereocenters. The van der Waals surface area contributed by atoms with E-state index in [0.29, 0.717) is 0 Å². The molecule has 0 saturated heterocycles. The lowest BCUT2D eigenvalue weighted by molar-refractivity contribution is -0.125. The summed E-state index contributed by atoms with van der Waals surface area (Å²) in [5, 5.41) is 8.09. The molecule has 106 valence electrons. The zero-order valence-electron chi connectivity index (χ0n) is 10.3. The van der Waals surface area contributed by atoms with Crippen molar-refractivity contribution < 1.29 is 27.5 Å². The van der Waals surface area contributed by atoms with Crippen LogP contribution in [0, 0.1) is 5.41 Å². The molecule has 0 saturated carbocycles. The number of nitrogens with two attached hydrogens (primary N) is 1. The molecule has 0 aliphatic heterocycles. The third-order valence-electron chi connectivity index (χ3n) is 2.43. The van der Waals surface area contributed by atoms with Crippen LogP contribution < -0.4 is 10.5 Å². The number of rotatable bonds is 6. The Morgan fingerprint density at radius 1 is 1.42 bits per heavy atom. The van der Waals surface area contributed by atoms with E-state index in [9.17, 15) is 18.0 Å². The van der Waals surface area contributed by atoms with Crippen molar-refractivity contribution in [1.82, 2.24) is 4.72 Å². The van der Waals surface area contributed by atoms with Crippen LogP contribution in [0.1, 0.15) is 24.4 Å². The molecule has 0 aliphatic rings. The Kier molecular flexibility index (Phi) is 4.01. The highest BCUT2D eigenvalue weighted by atomic mass is 32.2. The number of carbonyl (C=O) groups excluding carboxylic acids is 1. The molecule has 0 spiro atoms. The predicted molar refractivity (Wildman–Crippen MR) is 63.8 cm³/mol. The van der Waals surface area contributed by atoms with Gasteiger partial charge in [-0.1, -0.05) is 0 Å². The van der Waals surface area contributed by atoms with Crippen molar-refractivity contribution in [1.29, 1.82) is 0 Å². The van der Waals surface area contributed by atoms with Crippen LogP contribution in [-0.2, 0) is 14.8 Å². The van der Waals surface area contributed by atoms with Gasteiger partial charge in [-0.05, 0) is 26.0 Å². The number of carboxylic acid groups (broad SMARTS) is 1. The zero-order valence-corrected chi connectivity index (χ0v) is 11.2. The van der Waals surface area contributed by atoms with E-state index >= 15 is 0 Å². The molecule has 1 rings (SSSR count). The molecule has 1 amide bonds. The second kappa shape index (κ2) is 5.02. The van der Waals surface area contributed by atoms with Gasteiger partial charge in [-0.25, -0.2) is 17.9 Å². The molecule has 0 radical (unpaired) electrons. The lowest BCUT2D eigenvalue weighted by Crippen LogP contribution is -2.42. The van der Waals surface area contributed by atoms with Crippen molar-refractivity contribution in [3.63, 3.8) is 0 Å². The van der Waals surface area contributed by atoms with E-state index < -0.39 is 38.2 Å². The lowest BCUT2D eigenvalue weighted by Gasteiger charge is -2.20. The summed E-state index contributed by atoms with van der Waals surface area (Å²) in [7, 11) is -4.03. The Labute approximate surface area is 109 Å². The van der Waals surface area contributed by atoms with E-state index in [4.69, 9.17) is 10.8 Å². The number of primary amides is 1. The Balaban J connectivity index is 2.87. The fourth-order valence-corrected chi connectivity index (χ4v) is 2.15. The van der Waals surface area contributed by atoms with E-state index in [0.717, 1.165) is 12.1 Å². The van der Waals surface area contributed by atoms with Crippen molar-refractivity contribution in [2.75, 3.05) is 6.54 Å². The summed E-state index contributed by atoms with van der Waals surface area (Å²) in [4.78, 5) is 21.6. The molecule has 1 heterocycles. The molecular weight excluding hydrogens is 276 g/mol. The van der Waals surface area contributed by atoms with Crippen molar-refractivity contribution in [3.05, 3.63) is 17.9 Å². The number of furan rings is 1. The SMILES string of the molecule is CC(C)(CNS(=O)(=O)c1ccc(C(=O)O)o1)C(N)=O. The van der Waals surface area contributed by atoms with E-state index in [-0.39, 0.29) is 6.54 Å². The fraction of sp³-hybridized carbons (Fsp3) is 0.400. The van der Waals surface area contributed by atoms with Crippen LogP contribution in [0.4, 0.5) is 0 Å². The third kappa shape index (κ3) is 3.55. The maximum Gasteiger partial charge on any atom is 0.371 e. The van der Waals surface area contributed by atoms with E-state index in [1.165, 1.54) is 13.8 Å². The normalized spacial score (nSPS) is 12.3. The summed E-state index contributed by atoms with van der Waals surface area (Å²) in [6.07, 6.45) is 0. The molecule has 0 bridgehead atoms. The van der Waals surface area contributed by atoms with Gasteiger partial charge in [0, 0.05) is 6.54 Å². The molecule has 0 aliphatic carbocycles. The van der Waals surface area contributed by atoms with Crippen molar-refractivity contribution in [2.24, 2.45) is 11.1 Å². The number of nitrogens with one attached hydrogen (secondary N) is 1. The van der Waals surface area contributed by atoms with Crippen LogP contribution in [0.3, 0.4) is 0 Å². The second-order valence-electron chi connectivity index (χ2n) is 4.50. The maximum atomic E-state index is 11.8. The van der Waals surface area contributed by atoms with Gasteiger partial charge in [0.25, 0.3) is 10.0 Å². The second-order valence-corrected chi connectivity index (χ2v) is 6.19. The minimum absolute atomic E-state index is 0.228. The average Bonchev–Trinajstić information content (AvgIpc) is 2.76. The molecule has 9 heteroatoms. The van der Waals surface area contributed by atoms with Gasteiger partial charge in [-0.2, -0.15) is 0 Å². The van der Waals surface area contributed by atoms with Crippen molar-refractivity contribution in [2.45, 2.75) is 18.9 Å². The van der Waals surface area contributed by atoms with Crippen LogP contribution >= 0.6 is 0 Å². The van der Waals surface area contributed by atoms with Gasteiger partial charge < -0.3 is 15.3 Å². The summed E-state index contributed by atoms with van der Waals surface area (Å²) in [6, 6.07) is 2.04. The van der Waals surface area contributed by atoms with Gasteiger partial charge in [0.1, 0.15) is 0 Å². The monoisotopic (exact) mass is 290 g/mol. The first kappa shape index (κ1) is 15.2. The Morgan fingerprint density at radius 3 is 2.42 bits per heavy atom. The Hall–Kier alpha value is -1.87. The first-order valence-corrected chi connectivity index (χ1v) is 6.67. The minimum Gasteiger partial charge on any atom is -0.475 e. The molecule has 0 aromatic carbocycles. The topological polar surface area (TPSA) is 140 Å². The first-order chi connectivity index (χ1) is 8.56. The van der Waals surface area contributed by atoms with Crippen molar-refractivity contribution >= 4 is 21.9 Å². The van der Waals surface area contributed by atoms with E-state index in [2.05, 4.69) is 9.14 Å². The molecule has 1 aromatic heterocycles. The largest absolute Gasteiger partial charge is 0.475 e. The van der Waals surface area contributed by atoms with E-state index in [1.54, 1.807) is 0 Å². The van der Waals surface area contributed by atoms with Crippen LogP contribution in [0.25, 0.3) is 0 Å². The number of sulfonamides is 1. The smallest absolute Gasteiger partial charge is 0.371 e. The number of amides is 1. The number of aromatic carboxylic acids is 1. The van der Waals surface area contributed by atoms with Crippen LogP contribution in [-0.4, -0.2) is 31.9 Å². The lowest BCUT2D eigenvalue weighted by atomic mass is 9.93. The molecular formula is C10H14N2O6S.